The Morgan fingerprint density at radius 1 is 1.05 bits per heavy atom. The Morgan fingerprint density at radius 3 is 3.00 bits per heavy atom. The zero-order valence-electron chi connectivity index (χ0n) is 10.2. The van der Waals surface area contributed by atoms with E-state index in [1.807, 2.05) is 24.3 Å². The van der Waals surface area contributed by atoms with Crippen LogP contribution in [0.25, 0.3) is 38.5 Å². The molecular formula is C14H7N5O. The molecular weight excluding hydrogens is 254 g/mol. The highest BCUT2D eigenvalue weighted by Gasteiger charge is 2.15. The fourth-order valence-electron chi connectivity index (χ4n) is 2.66. The van der Waals surface area contributed by atoms with E-state index in [0.29, 0.717) is 11.2 Å². The molecule has 5 rings (SSSR count). The Morgan fingerprint density at radius 2 is 2.00 bits per heavy atom. The quantitative estimate of drug-likeness (QED) is 0.428. The molecule has 2 aromatic carbocycles. The summed E-state index contributed by atoms with van der Waals surface area (Å²) in [6.45, 7) is 0. The summed E-state index contributed by atoms with van der Waals surface area (Å²) in [5.41, 5.74) is 2.78. The van der Waals surface area contributed by atoms with Crippen LogP contribution in [0.15, 0.2) is 47.1 Å². The molecule has 0 spiro atoms. The van der Waals surface area contributed by atoms with Crippen molar-refractivity contribution in [1.29, 1.82) is 0 Å². The van der Waals surface area contributed by atoms with Gasteiger partial charge in [0.1, 0.15) is 17.4 Å². The SMILES string of the molecule is c1ccc2c(c1)ccc1oc3c(ncn4nnnc34)c12. The molecule has 94 valence electrons. The molecule has 0 radical (unpaired) electrons. The van der Waals surface area contributed by atoms with E-state index in [1.54, 1.807) is 6.33 Å². The summed E-state index contributed by atoms with van der Waals surface area (Å²) in [7, 11) is 0. The second-order valence-electron chi connectivity index (χ2n) is 4.63. The van der Waals surface area contributed by atoms with Crippen molar-refractivity contribution >= 4 is 38.5 Å². The third-order valence-corrected chi connectivity index (χ3v) is 3.55. The molecule has 0 N–H and O–H groups in total. The maximum atomic E-state index is 5.91. The molecule has 5 aromatic rings. The number of hydrogen-bond donors (Lipinski definition) is 0. The molecule has 0 aliphatic heterocycles. The van der Waals surface area contributed by atoms with Gasteiger partial charge in [-0.25, -0.2) is 4.98 Å². The first-order valence-corrected chi connectivity index (χ1v) is 6.18. The summed E-state index contributed by atoms with van der Waals surface area (Å²) in [5, 5.41) is 14.7. The van der Waals surface area contributed by atoms with E-state index < -0.39 is 0 Å². The van der Waals surface area contributed by atoms with Crippen molar-refractivity contribution in [3.05, 3.63) is 42.7 Å². The third-order valence-electron chi connectivity index (χ3n) is 3.55. The highest BCUT2D eigenvalue weighted by atomic mass is 16.3. The van der Waals surface area contributed by atoms with Crippen molar-refractivity contribution < 1.29 is 4.42 Å². The molecule has 0 aliphatic rings. The van der Waals surface area contributed by atoms with Crippen molar-refractivity contribution in [2.24, 2.45) is 0 Å². The van der Waals surface area contributed by atoms with Gasteiger partial charge >= 0.3 is 0 Å². The summed E-state index contributed by atoms with van der Waals surface area (Å²) < 4.78 is 7.41. The zero-order chi connectivity index (χ0) is 13.1. The fraction of sp³-hybridized carbons (Fsp3) is 0. The van der Waals surface area contributed by atoms with E-state index >= 15 is 0 Å². The van der Waals surface area contributed by atoms with Gasteiger partial charge in [-0.15, -0.1) is 5.10 Å². The molecule has 6 heteroatoms. The third kappa shape index (κ3) is 1.08. The van der Waals surface area contributed by atoms with Crippen LogP contribution in [0, 0.1) is 0 Å². The van der Waals surface area contributed by atoms with Crippen molar-refractivity contribution in [2.45, 2.75) is 0 Å². The molecule has 0 aliphatic carbocycles. The van der Waals surface area contributed by atoms with Gasteiger partial charge in [0.05, 0.1) is 5.39 Å². The lowest BCUT2D eigenvalue weighted by Crippen LogP contribution is -1.89. The number of aromatic nitrogens is 5. The maximum Gasteiger partial charge on any atom is 0.225 e. The molecule has 20 heavy (non-hydrogen) atoms. The van der Waals surface area contributed by atoms with E-state index in [-0.39, 0.29) is 0 Å². The van der Waals surface area contributed by atoms with Gasteiger partial charge in [-0.2, -0.15) is 4.52 Å². The summed E-state index contributed by atoms with van der Waals surface area (Å²) >= 11 is 0. The van der Waals surface area contributed by atoms with Gasteiger partial charge in [0.2, 0.25) is 11.2 Å². The molecule has 3 heterocycles. The fourth-order valence-corrected chi connectivity index (χ4v) is 2.66. The number of tetrazole rings is 1. The highest BCUT2D eigenvalue weighted by molar-refractivity contribution is 6.18. The van der Waals surface area contributed by atoms with Crippen LogP contribution in [0.2, 0.25) is 0 Å². The summed E-state index contributed by atoms with van der Waals surface area (Å²) in [6, 6.07) is 12.2. The first-order valence-electron chi connectivity index (χ1n) is 6.18. The minimum Gasteiger partial charge on any atom is -0.450 e. The second kappa shape index (κ2) is 3.30. The molecule has 0 amide bonds. The first-order chi connectivity index (χ1) is 9.92. The Hall–Kier alpha value is -3.02. The molecule has 3 aromatic heterocycles. The summed E-state index contributed by atoms with van der Waals surface area (Å²) in [5.74, 6) is 0. The van der Waals surface area contributed by atoms with Gasteiger partial charge in [-0.1, -0.05) is 30.3 Å². The molecule has 0 fully saturated rings. The Labute approximate surface area is 111 Å². The van der Waals surface area contributed by atoms with E-state index in [2.05, 4.69) is 32.6 Å². The molecule has 0 unspecified atom stereocenters. The first kappa shape index (κ1) is 9.85. The zero-order valence-corrected chi connectivity index (χ0v) is 10.2. The van der Waals surface area contributed by atoms with Gasteiger partial charge < -0.3 is 4.42 Å². The standard InChI is InChI=1S/C14H7N5O/c1-2-4-9-8(3-1)5-6-10-11(9)12-13(20-10)14-16-17-18-19(14)7-15-12/h1-7H. The van der Waals surface area contributed by atoms with Crippen LogP contribution in [-0.2, 0) is 0 Å². The molecule has 0 bridgehead atoms. The molecule has 0 saturated heterocycles. The number of benzene rings is 2. The monoisotopic (exact) mass is 261 g/mol. The number of rotatable bonds is 0. The smallest absolute Gasteiger partial charge is 0.225 e. The molecule has 0 saturated carbocycles. The van der Waals surface area contributed by atoms with E-state index in [4.69, 9.17) is 4.42 Å². The largest absolute Gasteiger partial charge is 0.450 e. The average molecular weight is 261 g/mol. The number of furan rings is 1. The Kier molecular flexibility index (Phi) is 1.62. The van der Waals surface area contributed by atoms with Crippen LogP contribution < -0.4 is 0 Å². The number of nitrogens with zero attached hydrogens (tertiary/aromatic N) is 5. The van der Waals surface area contributed by atoms with Gasteiger partial charge in [-0.05, 0) is 27.3 Å². The molecule has 6 nitrogen and oxygen atoms in total. The van der Waals surface area contributed by atoms with E-state index in [0.717, 1.165) is 27.3 Å². The van der Waals surface area contributed by atoms with Crippen molar-refractivity contribution in [2.75, 3.05) is 0 Å². The van der Waals surface area contributed by atoms with Gasteiger partial charge in [0, 0.05) is 0 Å². The predicted molar refractivity (Wildman–Crippen MR) is 73.4 cm³/mol. The summed E-state index contributed by atoms with van der Waals surface area (Å²) in [6.07, 6.45) is 1.61. The maximum absolute atomic E-state index is 5.91. The normalized spacial score (nSPS) is 12.0. The topological polar surface area (TPSA) is 69.1 Å². The lowest BCUT2D eigenvalue weighted by atomic mass is 10.1. The van der Waals surface area contributed by atoms with Crippen LogP contribution in [0.3, 0.4) is 0 Å². The lowest BCUT2D eigenvalue weighted by Gasteiger charge is -1.97. The minimum absolute atomic E-state index is 0.579. The van der Waals surface area contributed by atoms with Crippen LogP contribution in [0.1, 0.15) is 0 Å². The van der Waals surface area contributed by atoms with Gasteiger partial charge in [-0.3, -0.25) is 0 Å². The predicted octanol–water partition coefficient (Wildman–Crippen LogP) is 2.57. The summed E-state index contributed by atoms with van der Waals surface area (Å²) in [4.78, 5) is 4.45. The van der Waals surface area contributed by atoms with Crippen molar-refractivity contribution in [3.8, 4) is 0 Å². The van der Waals surface area contributed by atoms with Crippen molar-refractivity contribution in [3.63, 3.8) is 0 Å². The van der Waals surface area contributed by atoms with Crippen molar-refractivity contribution in [1.82, 2.24) is 25.0 Å². The lowest BCUT2D eigenvalue weighted by molar-refractivity contribution is 0.667. The number of hydrogen-bond acceptors (Lipinski definition) is 5. The minimum atomic E-state index is 0.579. The Balaban J connectivity index is 2.14. The number of fused-ring (bicyclic) bond motifs is 7. The van der Waals surface area contributed by atoms with Crippen LogP contribution in [-0.4, -0.2) is 25.0 Å². The highest BCUT2D eigenvalue weighted by Crippen LogP contribution is 2.34. The van der Waals surface area contributed by atoms with E-state index in [1.165, 1.54) is 4.52 Å². The Bertz CT molecular complexity index is 1110. The van der Waals surface area contributed by atoms with Gasteiger partial charge in [0.25, 0.3) is 0 Å². The van der Waals surface area contributed by atoms with Gasteiger partial charge in [0.15, 0.2) is 0 Å². The molecule has 0 atom stereocenters. The van der Waals surface area contributed by atoms with Crippen LogP contribution in [0.5, 0.6) is 0 Å². The van der Waals surface area contributed by atoms with E-state index in [9.17, 15) is 0 Å². The van der Waals surface area contributed by atoms with Crippen LogP contribution >= 0.6 is 0 Å². The van der Waals surface area contributed by atoms with Crippen LogP contribution in [0.4, 0.5) is 0 Å². The average Bonchev–Trinajstić information content (AvgIpc) is 3.10. The second-order valence-corrected chi connectivity index (χ2v) is 4.63.